The number of carbonyl (C=O) groups excluding carboxylic acids is 1. The lowest BCUT2D eigenvalue weighted by Gasteiger charge is -2.37. The molecule has 0 unspecified atom stereocenters. The standard InChI is InChI=1S/C15H22N2O/c1-11-5-3-4-6-14(11)12-9-13(10-12)17-8-7-15(18)16-2/h3-6,12-13,17H,7-10H2,1-2H3,(H,16,18). The lowest BCUT2D eigenvalue weighted by Crippen LogP contribution is -2.41. The number of hydrogen-bond acceptors (Lipinski definition) is 2. The van der Waals surface area contributed by atoms with Crippen molar-refractivity contribution in [3.63, 3.8) is 0 Å². The van der Waals surface area contributed by atoms with Gasteiger partial charge in [0.2, 0.25) is 5.91 Å². The highest BCUT2D eigenvalue weighted by atomic mass is 16.1. The molecule has 1 aromatic carbocycles. The molecule has 0 aliphatic heterocycles. The van der Waals surface area contributed by atoms with Gasteiger partial charge in [-0.15, -0.1) is 0 Å². The van der Waals surface area contributed by atoms with Crippen LogP contribution >= 0.6 is 0 Å². The van der Waals surface area contributed by atoms with E-state index in [0.717, 1.165) is 6.54 Å². The Morgan fingerprint density at radius 2 is 2.06 bits per heavy atom. The van der Waals surface area contributed by atoms with Gasteiger partial charge in [-0.05, 0) is 36.8 Å². The summed E-state index contributed by atoms with van der Waals surface area (Å²) < 4.78 is 0. The van der Waals surface area contributed by atoms with Crippen LogP contribution in [0.15, 0.2) is 24.3 Å². The summed E-state index contributed by atoms with van der Waals surface area (Å²) in [5, 5.41) is 6.08. The minimum Gasteiger partial charge on any atom is -0.359 e. The van der Waals surface area contributed by atoms with Crippen molar-refractivity contribution in [2.24, 2.45) is 0 Å². The average molecular weight is 246 g/mol. The molecule has 1 saturated carbocycles. The van der Waals surface area contributed by atoms with Gasteiger partial charge in [0.25, 0.3) is 0 Å². The van der Waals surface area contributed by atoms with Gasteiger partial charge in [0.05, 0.1) is 0 Å². The third-order valence-electron chi connectivity index (χ3n) is 3.83. The van der Waals surface area contributed by atoms with E-state index in [1.807, 2.05) is 0 Å². The first-order valence-electron chi connectivity index (χ1n) is 6.70. The van der Waals surface area contributed by atoms with Crippen molar-refractivity contribution < 1.29 is 4.79 Å². The van der Waals surface area contributed by atoms with Crippen LogP contribution in [0.3, 0.4) is 0 Å². The Balaban J connectivity index is 1.71. The molecule has 98 valence electrons. The van der Waals surface area contributed by atoms with Crippen LogP contribution < -0.4 is 10.6 Å². The van der Waals surface area contributed by atoms with Crippen molar-refractivity contribution in [1.29, 1.82) is 0 Å². The predicted octanol–water partition coefficient (Wildman–Crippen LogP) is 1.97. The molecule has 0 bridgehead atoms. The first-order valence-corrected chi connectivity index (χ1v) is 6.70. The maximum Gasteiger partial charge on any atom is 0.221 e. The van der Waals surface area contributed by atoms with Crippen LogP contribution in [0.4, 0.5) is 0 Å². The highest BCUT2D eigenvalue weighted by Gasteiger charge is 2.30. The number of benzene rings is 1. The third kappa shape index (κ3) is 3.10. The van der Waals surface area contributed by atoms with E-state index < -0.39 is 0 Å². The summed E-state index contributed by atoms with van der Waals surface area (Å²) in [7, 11) is 1.68. The summed E-state index contributed by atoms with van der Waals surface area (Å²) in [4.78, 5) is 11.1. The summed E-state index contributed by atoms with van der Waals surface area (Å²) in [6.45, 7) is 2.96. The monoisotopic (exact) mass is 246 g/mol. The number of amides is 1. The fourth-order valence-corrected chi connectivity index (χ4v) is 2.60. The molecule has 18 heavy (non-hydrogen) atoms. The van der Waals surface area contributed by atoms with Gasteiger partial charge in [0, 0.05) is 26.1 Å². The fraction of sp³-hybridized carbons (Fsp3) is 0.533. The topological polar surface area (TPSA) is 41.1 Å². The summed E-state index contributed by atoms with van der Waals surface area (Å²) in [6.07, 6.45) is 2.96. The molecule has 2 rings (SSSR count). The van der Waals surface area contributed by atoms with Crippen LogP contribution in [0.2, 0.25) is 0 Å². The molecule has 1 amide bonds. The SMILES string of the molecule is CNC(=O)CCNC1CC(c2ccccc2C)C1. The van der Waals surface area contributed by atoms with Crippen molar-refractivity contribution in [2.75, 3.05) is 13.6 Å². The predicted molar refractivity (Wildman–Crippen MR) is 73.6 cm³/mol. The van der Waals surface area contributed by atoms with E-state index in [1.54, 1.807) is 7.05 Å². The molecule has 1 aromatic rings. The van der Waals surface area contributed by atoms with Gasteiger partial charge in [0.15, 0.2) is 0 Å². The van der Waals surface area contributed by atoms with E-state index >= 15 is 0 Å². The van der Waals surface area contributed by atoms with Crippen LogP contribution in [0, 0.1) is 6.92 Å². The minimum atomic E-state index is 0.109. The third-order valence-corrected chi connectivity index (χ3v) is 3.83. The molecule has 3 heteroatoms. The Morgan fingerprint density at radius 3 is 2.72 bits per heavy atom. The Kier molecular flexibility index (Phi) is 4.37. The van der Waals surface area contributed by atoms with Crippen LogP contribution in [0.1, 0.15) is 36.3 Å². The minimum absolute atomic E-state index is 0.109. The Hall–Kier alpha value is -1.35. The van der Waals surface area contributed by atoms with Crippen LogP contribution in [-0.4, -0.2) is 25.5 Å². The Morgan fingerprint density at radius 1 is 1.33 bits per heavy atom. The zero-order chi connectivity index (χ0) is 13.0. The van der Waals surface area contributed by atoms with Crippen molar-refractivity contribution in [3.8, 4) is 0 Å². The highest BCUT2D eigenvalue weighted by Crippen LogP contribution is 2.38. The van der Waals surface area contributed by atoms with E-state index in [2.05, 4.69) is 41.8 Å². The summed E-state index contributed by atoms with van der Waals surface area (Å²) in [5.41, 5.74) is 2.88. The van der Waals surface area contributed by atoms with E-state index in [1.165, 1.54) is 24.0 Å². The van der Waals surface area contributed by atoms with Gasteiger partial charge in [-0.1, -0.05) is 24.3 Å². The van der Waals surface area contributed by atoms with Crippen molar-refractivity contribution in [1.82, 2.24) is 10.6 Å². The van der Waals surface area contributed by atoms with Crippen LogP contribution in [0.25, 0.3) is 0 Å². The Bertz CT molecular complexity index is 411. The lowest BCUT2D eigenvalue weighted by molar-refractivity contribution is -0.120. The number of hydrogen-bond donors (Lipinski definition) is 2. The summed E-state index contributed by atoms with van der Waals surface area (Å²) in [6, 6.07) is 9.22. The van der Waals surface area contributed by atoms with Gasteiger partial charge in [-0.2, -0.15) is 0 Å². The van der Waals surface area contributed by atoms with Gasteiger partial charge >= 0.3 is 0 Å². The summed E-state index contributed by atoms with van der Waals surface area (Å²) in [5.74, 6) is 0.806. The molecule has 3 nitrogen and oxygen atoms in total. The van der Waals surface area contributed by atoms with Crippen molar-refractivity contribution in [2.45, 2.75) is 38.1 Å². The molecule has 0 spiro atoms. The number of aryl methyl sites for hydroxylation is 1. The quantitative estimate of drug-likeness (QED) is 0.834. The van der Waals surface area contributed by atoms with Gasteiger partial charge in [0.1, 0.15) is 0 Å². The number of rotatable bonds is 5. The molecule has 1 aliphatic carbocycles. The Labute approximate surface area is 109 Å². The zero-order valence-electron chi connectivity index (χ0n) is 11.2. The lowest BCUT2D eigenvalue weighted by atomic mass is 9.74. The molecular weight excluding hydrogens is 224 g/mol. The smallest absolute Gasteiger partial charge is 0.221 e. The molecule has 0 radical (unpaired) electrons. The maximum absolute atomic E-state index is 11.1. The molecular formula is C15H22N2O. The zero-order valence-corrected chi connectivity index (χ0v) is 11.2. The van der Waals surface area contributed by atoms with Crippen molar-refractivity contribution in [3.05, 3.63) is 35.4 Å². The molecule has 0 aromatic heterocycles. The van der Waals surface area contributed by atoms with E-state index in [9.17, 15) is 4.79 Å². The maximum atomic E-state index is 11.1. The number of carbonyl (C=O) groups is 1. The first-order chi connectivity index (χ1) is 8.70. The van der Waals surface area contributed by atoms with Gasteiger partial charge in [-0.25, -0.2) is 0 Å². The second kappa shape index (κ2) is 6.01. The number of nitrogens with one attached hydrogen (secondary N) is 2. The van der Waals surface area contributed by atoms with E-state index in [-0.39, 0.29) is 5.91 Å². The molecule has 0 atom stereocenters. The fourth-order valence-electron chi connectivity index (χ4n) is 2.60. The highest BCUT2D eigenvalue weighted by molar-refractivity contribution is 5.75. The molecule has 2 N–H and O–H groups in total. The first kappa shape index (κ1) is 13.1. The van der Waals surface area contributed by atoms with Crippen LogP contribution in [-0.2, 0) is 4.79 Å². The van der Waals surface area contributed by atoms with Gasteiger partial charge in [-0.3, -0.25) is 4.79 Å². The molecule has 0 saturated heterocycles. The van der Waals surface area contributed by atoms with Crippen molar-refractivity contribution >= 4 is 5.91 Å². The largest absolute Gasteiger partial charge is 0.359 e. The molecule has 1 aliphatic rings. The van der Waals surface area contributed by atoms with Crippen LogP contribution in [0.5, 0.6) is 0 Å². The second-order valence-electron chi connectivity index (χ2n) is 5.10. The normalized spacial score (nSPS) is 22.3. The van der Waals surface area contributed by atoms with E-state index in [4.69, 9.17) is 0 Å². The average Bonchev–Trinajstić information content (AvgIpc) is 2.33. The molecule has 0 heterocycles. The summed E-state index contributed by atoms with van der Waals surface area (Å²) >= 11 is 0. The van der Waals surface area contributed by atoms with Gasteiger partial charge < -0.3 is 10.6 Å². The molecule has 1 fully saturated rings. The second-order valence-corrected chi connectivity index (χ2v) is 5.10. The van der Waals surface area contributed by atoms with E-state index in [0.29, 0.717) is 18.4 Å².